The molecule has 0 saturated heterocycles. The smallest absolute Gasteiger partial charge is 0.0239 e. The zero-order valence-corrected chi connectivity index (χ0v) is 9.50. The second-order valence-corrected chi connectivity index (χ2v) is 6.33. The first-order valence-electron chi connectivity index (χ1n) is 5.10. The molecule has 3 rings (SSSR count). The van der Waals surface area contributed by atoms with E-state index in [1.807, 2.05) is 0 Å². The number of fused-ring (bicyclic) bond motifs is 2. The van der Waals surface area contributed by atoms with Crippen LogP contribution in [0.25, 0.3) is 0 Å². The van der Waals surface area contributed by atoms with E-state index in [1.54, 1.807) is 0 Å². The minimum atomic E-state index is 0.615. The van der Waals surface area contributed by atoms with Crippen LogP contribution in [0.1, 0.15) is 40.0 Å². The van der Waals surface area contributed by atoms with Crippen LogP contribution in [0.3, 0.4) is 0 Å². The van der Waals surface area contributed by atoms with Crippen molar-refractivity contribution >= 4 is 11.8 Å². The molecule has 70 valence electrons. The number of hydrogen-bond acceptors (Lipinski definition) is 1. The largest absolute Gasteiger partial charge is 0.158 e. The molecule has 0 aromatic heterocycles. The lowest BCUT2D eigenvalue weighted by Gasteiger charge is -2.68. The summed E-state index contributed by atoms with van der Waals surface area (Å²) in [6.07, 6.45) is 6.74. The summed E-state index contributed by atoms with van der Waals surface area (Å²) in [4.78, 5) is 0. The highest BCUT2D eigenvalue weighted by atomic mass is 32.2. The second-order valence-electron chi connectivity index (χ2n) is 5.19. The van der Waals surface area contributed by atoms with Crippen molar-refractivity contribution in [3.8, 4) is 0 Å². The molecule has 0 aromatic rings. The summed E-state index contributed by atoms with van der Waals surface area (Å²) in [6.45, 7) is 7.41. The van der Waals surface area contributed by atoms with Gasteiger partial charge in [-0.1, -0.05) is 20.8 Å². The van der Waals surface area contributed by atoms with E-state index in [4.69, 9.17) is 0 Å². The molecule has 3 fully saturated rings. The van der Waals surface area contributed by atoms with Gasteiger partial charge in [-0.3, -0.25) is 0 Å². The van der Waals surface area contributed by atoms with Crippen molar-refractivity contribution in [3.63, 3.8) is 0 Å². The van der Waals surface area contributed by atoms with Gasteiger partial charge in [0, 0.05) is 4.75 Å². The van der Waals surface area contributed by atoms with Crippen LogP contribution in [0.4, 0.5) is 0 Å². The lowest BCUT2D eigenvalue weighted by Crippen LogP contribution is -2.64. The zero-order valence-electron chi connectivity index (χ0n) is 8.68. The van der Waals surface area contributed by atoms with Crippen LogP contribution in [0.15, 0.2) is 0 Å². The first-order chi connectivity index (χ1) is 5.54. The van der Waals surface area contributed by atoms with E-state index in [0.717, 1.165) is 11.8 Å². The molecule has 12 heavy (non-hydrogen) atoms. The predicted molar refractivity (Wildman–Crippen MR) is 56.5 cm³/mol. The first-order valence-corrected chi connectivity index (χ1v) is 6.32. The SMILES string of the molecule is CSC12CC(CCC1C)C2(C)C. The lowest BCUT2D eigenvalue weighted by molar-refractivity contribution is -0.0686. The lowest BCUT2D eigenvalue weighted by atomic mass is 9.45. The van der Waals surface area contributed by atoms with Crippen LogP contribution in [-0.4, -0.2) is 11.0 Å². The van der Waals surface area contributed by atoms with Crippen molar-refractivity contribution in [2.75, 3.05) is 6.26 Å². The first kappa shape index (κ1) is 8.93. The van der Waals surface area contributed by atoms with Crippen LogP contribution in [-0.2, 0) is 0 Å². The molecule has 0 N–H and O–H groups in total. The van der Waals surface area contributed by atoms with Crippen molar-refractivity contribution < 1.29 is 0 Å². The topological polar surface area (TPSA) is 0 Å². The van der Waals surface area contributed by atoms with Gasteiger partial charge in [0.05, 0.1) is 0 Å². The van der Waals surface area contributed by atoms with Gasteiger partial charge in [0.25, 0.3) is 0 Å². The van der Waals surface area contributed by atoms with Crippen LogP contribution in [0, 0.1) is 17.3 Å². The molecular weight excluding hydrogens is 164 g/mol. The molecule has 0 amide bonds. The van der Waals surface area contributed by atoms with E-state index in [9.17, 15) is 0 Å². The Kier molecular flexibility index (Phi) is 1.81. The maximum atomic E-state index is 2.48. The highest BCUT2D eigenvalue weighted by Gasteiger charge is 2.63. The van der Waals surface area contributed by atoms with Gasteiger partial charge in [-0.15, -0.1) is 0 Å². The molecule has 0 aromatic carbocycles. The number of thioether (sulfide) groups is 1. The summed E-state index contributed by atoms with van der Waals surface area (Å²) >= 11 is 2.13. The molecule has 3 unspecified atom stereocenters. The fourth-order valence-electron chi connectivity index (χ4n) is 3.63. The third kappa shape index (κ3) is 0.767. The second kappa shape index (κ2) is 2.43. The maximum Gasteiger partial charge on any atom is 0.0239 e. The molecule has 3 atom stereocenters. The fourth-order valence-corrected chi connectivity index (χ4v) is 5.21. The average molecular weight is 184 g/mol. The van der Waals surface area contributed by atoms with Crippen LogP contribution in [0.2, 0.25) is 0 Å². The summed E-state index contributed by atoms with van der Waals surface area (Å²) in [5.74, 6) is 1.97. The van der Waals surface area contributed by atoms with Crippen molar-refractivity contribution in [1.29, 1.82) is 0 Å². The van der Waals surface area contributed by atoms with Gasteiger partial charge in [-0.05, 0) is 42.8 Å². The van der Waals surface area contributed by atoms with E-state index in [2.05, 4.69) is 38.8 Å². The van der Waals surface area contributed by atoms with E-state index >= 15 is 0 Å². The molecule has 3 aliphatic rings. The summed E-state index contributed by atoms with van der Waals surface area (Å²) in [7, 11) is 0. The number of rotatable bonds is 1. The molecule has 0 spiro atoms. The highest BCUT2D eigenvalue weighted by molar-refractivity contribution is 8.00. The quantitative estimate of drug-likeness (QED) is 0.600. The Labute approximate surface area is 80.5 Å². The Morgan fingerprint density at radius 3 is 2.25 bits per heavy atom. The van der Waals surface area contributed by atoms with Gasteiger partial charge >= 0.3 is 0 Å². The Bertz CT molecular complexity index is 197. The fraction of sp³-hybridized carbons (Fsp3) is 1.00. The van der Waals surface area contributed by atoms with E-state index in [1.165, 1.54) is 19.3 Å². The molecule has 2 bridgehead atoms. The van der Waals surface area contributed by atoms with E-state index < -0.39 is 0 Å². The average Bonchev–Trinajstić information content (AvgIpc) is 2.04. The highest BCUT2D eigenvalue weighted by Crippen LogP contribution is 2.69. The maximum absolute atomic E-state index is 2.48. The predicted octanol–water partition coefficient (Wildman–Crippen LogP) is 3.56. The summed E-state index contributed by atoms with van der Waals surface area (Å²) in [6, 6.07) is 0. The van der Waals surface area contributed by atoms with E-state index in [-0.39, 0.29) is 0 Å². The molecule has 3 aliphatic carbocycles. The molecular formula is C11H20S. The Hall–Kier alpha value is 0.350. The molecule has 0 nitrogen and oxygen atoms in total. The van der Waals surface area contributed by atoms with Crippen molar-refractivity contribution in [3.05, 3.63) is 0 Å². The van der Waals surface area contributed by atoms with Crippen molar-refractivity contribution in [2.45, 2.75) is 44.8 Å². The van der Waals surface area contributed by atoms with Gasteiger partial charge < -0.3 is 0 Å². The van der Waals surface area contributed by atoms with Crippen LogP contribution in [0.5, 0.6) is 0 Å². The molecule has 1 heteroatoms. The van der Waals surface area contributed by atoms with Gasteiger partial charge in [0.1, 0.15) is 0 Å². The number of hydrogen-bond donors (Lipinski definition) is 0. The molecule has 0 aliphatic heterocycles. The van der Waals surface area contributed by atoms with Crippen molar-refractivity contribution in [2.24, 2.45) is 17.3 Å². The monoisotopic (exact) mass is 184 g/mol. The Balaban J connectivity index is 2.29. The molecule has 3 saturated carbocycles. The van der Waals surface area contributed by atoms with E-state index in [0.29, 0.717) is 10.2 Å². The standard InChI is InChI=1S/C11H20S/c1-8-5-6-9-7-11(8,12-4)10(9,2)3/h8-9H,5-7H2,1-4H3. The molecule has 0 heterocycles. The summed E-state index contributed by atoms with van der Waals surface area (Å²) < 4.78 is 0.635. The van der Waals surface area contributed by atoms with Crippen LogP contribution >= 0.6 is 11.8 Å². The Morgan fingerprint density at radius 1 is 1.25 bits per heavy atom. The van der Waals surface area contributed by atoms with Crippen molar-refractivity contribution in [1.82, 2.24) is 0 Å². The normalized spacial score (nSPS) is 50.0. The minimum Gasteiger partial charge on any atom is -0.158 e. The zero-order chi connectivity index (χ0) is 8.98. The minimum absolute atomic E-state index is 0.615. The van der Waals surface area contributed by atoms with Gasteiger partial charge in [0.2, 0.25) is 0 Å². The van der Waals surface area contributed by atoms with Gasteiger partial charge in [-0.25, -0.2) is 0 Å². The van der Waals surface area contributed by atoms with Crippen LogP contribution < -0.4 is 0 Å². The van der Waals surface area contributed by atoms with Gasteiger partial charge in [0.15, 0.2) is 0 Å². The van der Waals surface area contributed by atoms with Gasteiger partial charge in [-0.2, -0.15) is 11.8 Å². The third-order valence-electron chi connectivity index (χ3n) is 4.77. The summed E-state index contributed by atoms with van der Waals surface area (Å²) in [5, 5.41) is 0. The third-order valence-corrected chi connectivity index (χ3v) is 6.59. The Morgan fingerprint density at radius 2 is 1.92 bits per heavy atom. The summed E-state index contributed by atoms with van der Waals surface area (Å²) in [5.41, 5.74) is 0.615. The molecule has 0 radical (unpaired) electrons.